The zero-order valence-electron chi connectivity index (χ0n) is 8.77. The van der Waals surface area contributed by atoms with E-state index in [1.54, 1.807) is 0 Å². The van der Waals surface area contributed by atoms with Crippen LogP contribution in [0.1, 0.15) is 5.56 Å². The van der Waals surface area contributed by atoms with Crippen LogP contribution in [0.4, 0.5) is 18.9 Å². The van der Waals surface area contributed by atoms with E-state index < -0.39 is 11.7 Å². The predicted molar refractivity (Wildman–Crippen MR) is 60.8 cm³/mol. The molecule has 8 heteroatoms. The predicted octanol–water partition coefficient (Wildman–Crippen LogP) is 2.22. The molecule has 0 aliphatic rings. The molecule has 94 valence electrons. The van der Waals surface area contributed by atoms with Crippen molar-refractivity contribution in [3.05, 3.63) is 28.8 Å². The summed E-state index contributed by atoms with van der Waals surface area (Å²) in [6.45, 7) is 0. The number of hydrogen-bond donors (Lipinski definition) is 3. The van der Waals surface area contributed by atoms with Crippen molar-refractivity contribution in [3.8, 4) is 0 Å². The summed E-state index contributed by atoms with van der Waals surface area (Å²) in [5.41, 5.74) is 1.46. The quantitative estimate of drug-likeness (QED) is 0.316. The summed E-state index contributed by atoms with van der Waals surface area (Å²) < 4.78 is 37.6. The van der Waals surface area contributed by atoms with E-state index in [4.69, 9.17) is 17.4 Å². The van der Waals surface area contributed by atoms with Crippen molar-refractivity contribution in [1.82, 2.24) is 5.43 Å². The standard InChI is InChI=1S/C9H10ClF3N4/c1-15-8(17-14)16-5-2-3-7(10)6(4-5)9(11,12)13/h2-4H,14H2,1H3,(H2,15,16,17). The Morgan fingerprint density at radius 3 is 2.53 bits per heavy atom. The summed E-state index contributed by atoms with van der Waals surface area (Å²) in [6.07, 6.45) is -4.51. The monoisotopic (exact) mass is 266 g/mol. The van der Waals surface area contributed by atoms with Gasteiger partial charge >= 0.3 is 6.18 Å². The van der Waals surface area contributed by atoms with Gasteiger partial charge in [0.05, 0.1) is 10.6 Å². The van der Waals surface area contributed by atoms with E-state index in [1.807, 2.05) is 0 Å². The first-order chi connectivity index (χ1) is 7.88. The first kappa shape index (κ1) is 13.6. The topological polar surface area (TPSA) is 62.4 Å². The average Bonchev–Trinajstić information content (AvgIpc) is 2.26. The lowest BCUT2D eigenvalue weighted by Crippen LogP contribution is -2.36. The Kier molecular flexibility index (Phi) is 4.19. The summed E-state index contributed by atoms with van der Waals surface area (Å²) in [5, 5.41) is 2.21. The highest BCUT2D eigenvalue weighted by Crippen LogP contribution is 2.36. The number of benzene rings is 1. The van der Waals surface area contributed by atoms with Gasteiger partial charge in [0.1, 0.15) is 0 Å². The molecule has 1 rings (SSSR count). The minimum absolute atomic E-state index is 0.139. The van der Waals surface area contributed by atoms with Crippen LogP contribution in [0.3, 0.4) is 0 Å². The van der Waals surface area contributed by atoms with Crippen LogP contribution in [0.5, 0.6) is 0 Å². The molecule has 0 saturated carbocycles. The molecule has 1 aromatic carbocycles. The van der Waals surface area contributed by atoms with Crippen LogP contribution >= 0.6 is 11.6 Å². The second-order valence-electron chi connectivity index (χ2n) is 3.03. The molecule has 0 aliphatic carbocycles. The van der Waals surface area contributed by atoms with Crippen LogP contribution in [-0.4, -0.2) is 13.0 Å². The van der Waals surface area contributed by atoms with E-state index in [-0.39, 0.29) is 16.7 Å². The number of nitrogens with zero attached hydrogens (tertiary/aromatic N) is 1. The lowest BCUT2D eigenvalue weighted by atomic mass is 10.2. The molecule has 0 bridgehead atoms. The maximum absolute atomic E-state index is 12.5. The molecule has 0 amide bonds. The van der Waals surface area contributed by atoms with Crippen LogP contribution in [0.2, 0.25) is 5.02 Å². The lowest BCUT2D eigenvalue weighted by molar-refractivity contribution is -0.137. The number of hydrogen-bond acceptors (Lipinski definition) is 2. The van der Waals surface area contributed by atoms with Crippen molar-refractivity contribution >= 4 is 23.2 Å². The maximum atomic E-state index is 12.5. The second kappa shape index (κ2) is 5.24. The van der Waals surface area contributed by atoms with E-state index in [1.165, 1.54) is 13.1 Å². The maximum Gasteiger partial charge on any atom is 0.417 e. The van der Waals surface area contributed by atoms with E-state index in [0.717, 1.165) is 12.1 Å². The van der Waals surface area contributed by atoms with E-state index >= 15 is 0 Å². The summed E-state index contributed by atoms with van der Waals surface area (Å²) in [4.78, 5) is 3.67. The molecule has 0 atom stereocenters. The third kappa shape index (κ3) is 3.50. The third-order valence-electron chi connectivity index (χ3n) is 1.89. The summed E-state index contributed by atoms with van der Waals surface area (Å²) in [5.74, 6) is 5.23. The van der Waals surface area contributed by atoms with E-state index in [0.29, 0.717) is 0 Å². The van der Waals surface area contributed by atoms with Crippen molar-refractivity contribution in [1.29, 1.82) is 0 Å². The Labute approximate surface area is 101 Å². The Balaban J connectivity index is 3.05. The van der Waals surface area contributed by atoms with Gasteiger partial charge in [-0.15, -0.1) is 0 Å². The number of aliphatic imine (C=N–C) groups is 1. The van der Waals surface area contributed by atoms with Gasteiger partial charge in [-0.1, -0.05) is 11.6 Å². The van der Waals surface area contributed by atoms with Gasteiger partial charge in [-0.25, -0.2) is 5.84 Å². The average molecular weight is 267 g/mol. The van der Waals surface area contributed by atoms with Crippen LogP contribution in [0, 0.1) is 0 Å². The summed E-state index contributed by atoms with van der Waals surface area (Å²) in [6, 6.07) is 3.42. The molecule has 0 aliphatic heterocycles. The number of rotatable bonds is 1. The van der Waals surface area contributed by atoms with Gasteiger partial charge < -0.3 is 5.32 Å². The normalized spacial score (nSPS) is 12.5. The number of alkyl halides is 3. The molecule has 4 N–H and O–H groups in total. The van der Waals surface area contributed by atoms with Gasteiger partial charge in [0.25, 0.3) is 0 Å². The largest absolute Gasteiger partial charge is 0.417 e. The molecule has 0 fully saturated rings. The van der Waals surface area contributed by atoms with Crippen LogP contribution in [0.25, 0.3) is 0 Å². The summed E-state index contributed by atoms with van der Waals surface area (Å²) >= 11 is 5.47. The Morgan fingerprint density at radius 1 is 1.41 bits per heavy atom. The van der Waals surface area contributed by atoms with Gasteiger partial charge in [0.15, 0.2) is 0 Å². The fourth-order valence-electron chi connectivity index (χ4n) is 1.11. The molecule has 0 unspecified atom stereocenters. The highest BCUT2D eigenvalue weighted by Gasteiger charge is 2.33. The first-order valence-corrected chi connectivity index (χ1v) is 4.83. The SMILES string of the molecule is CN=C(NN)Nc1ccc(Cl)c(C(F)(F)F)c1. The Morgan fingerprint density at radius 2 is 2.06 bits per heavy atom. The molecule has 0 spiro atoms. The lowest BCUT2D eigenvalue weighted by Gasteiger charge is -2.12. The van der Waals surface area contributed by atoms with E-state index in [9.17, 15) is 13.2 Å². The number of halogens is 4. The molecule has 4 nitrogen and oxygen atoms in total. The van der Waals surface area contributed by atoms with Crippen molar-refractivity contribution in [2.24, 2.45) is 10.8 Å². The van der Waals surface area contributed by atoms with Gasteiger partial charge in [-0.2, -0.15) is 13.2 Å². The van der Waals surface area contributed by atoms with Crippen molar-refractivity contribution in [2.45, 2.75) is 6.18 Å². The number of hydrazine groups is 1. The number of nitrogens with one attached hydrogen (secondary N) is 2. The molecule has 17 heavy (non-hydrogen) atoms. The zero-order chi connectivity index (χ0) is 13.1. The first-order valence-electron chi connectivity index (χ1n) is 4.45. The number of anilines is 1. The third-order valence-corrected chi connectivity index (χ3v) is 2.22. The molecule has 0 aromatic heterocycles. The molecule has 1 aromatic rings. The van der Waals surface area contributed by atoms with Gasteiger partial charge in [-0.05, 0) is 18.2 Å². The minimum atomic E-state index is -4.51. The van der Waals surface area contributed by atoms with Crippen LogP contribution < -0.4 is 16.6 Å². The smallest absolute Gasteiger partial charge is 0.325 e. The van der Waals surface area contributed by atoms with Crippen molar-refractivity contribution in [3.63, 3.8) is 0 Å². The molecule has 0 heterocycles. The summed E-state index contributed by atoms with van der Waals surface area (Å²) in [7, 11) is 1.43. The molecular formula is C9H10ClF3N4. The van der Waals surface area contributed by atoms with Crippen molar-refractivity contribution in [2.75, 3.05) is 12.4 Å². The van der Waals surface area contributed by atoms with Crippen LogP contribution in [0.15, 0.2) is 23.2 Å². The van der Waals surface area contributed by atoms with Gasteiger partial charge in [-0.3, -0.25) is 10.4 Å². The number of guanidine groups is 1. The fraction of sp³-hybridized carbons (Fsp3) is 0.222. The Hall–Kier alpha value is -1.47. The fourth-order valence-corrected chi connectivity index (χ4v) is 1.34. The number of nitrogens with two attached hydrogens (primary N) is 1. The minimum Gasteiger partial charge on any atom is -0.325 e. The van der Waals surface area contributed by atoms with Crippen LogP contribution in [-0.2, 0) is 6.18 Å². The molecule has 0 radical (unpaired) electrons. The van der Waals surface area contributed by atoms with Crippen molar-refractivity contribution < 1.29 is 13.2 Å². The molecular weight excluding hydrogens is 257 g/mol. The van der Waals surface area contributed by atoms with Gasteiger partial charge in [0.2, 0.25) is 5.96 Å². The highest BCUT2D eigenvalue weighted by molar-refractivity contribution is 6.31. The van der Waals surface area contributed by atoms with E-state index in [2.05, 4.69) is 15.7 Å². The zero-order valence-corrected chi connectivity index (χ0v) is 9.52. The second-order valence-corrected chi connectivity index (χ2v) is 3.44. The molecule has 0 saturated heterocycles. The Bertz CT molecular complexity index is 431. The highest BCUT2D eigenvalue weighted by atomic mass is 35.5. The van der Waals surface area contributed by atoms with Gasteiger partial charge in [0, 0.05) is 12.7 Å².